The second kappa shape index (κ2) is 13.5. The minimum absolute atomic E-state index is 0. The average molecular weight is 739 g/mol. The quantitative estimate of drug-likeness (QED) is 0.114. The summed E-state index contributed by atoms with van der Waals surface area (Å²) in [6.45, 7) is 14.1. The summed E-state index contributed by atoms with van der Waals surface area (Å²) in [5.74, 6) is -0.0625. The normalized spacial score (nSPS) is 11.4. The Labute approximate surface area is 261 Å². The number of hydrogen-bond acceptors (Lipinski definition) is 4. The van der Waals surface area contributed by atoms with Crippen LogP contribution in [0.4, 0.5) is 0 Å². The summed E-state index contributed by atoms with van der Waals surface area (Å²) in [4.78, 5) is 16.1. The van der Waals surface area contributed by atoms with Gasteiger partial charge in [-0.1, -0.05) is 69.3 Å². The number of carbonyl (C=O) groups is 1. The van der Waals surface area contributed by atoms with E-state index < -0.39 is 0 Å². The number of aliphatic hydroxyl groups is 1. The van der Waals surface area contributed by atoms with E-state index in [1.807, 2.05) is 29.7 Å². The maximum atomic E-state index is 10.0. The number of nitrogens with zero attached hydrogens (tertiary/aromatic N) is 1. The number of ketones is 1. The van der Waals surface area contributed by atoms with Gasteiger partial charge in [0.2, 0.25) is 0 Å². The summed E-state index contributed by atoms with van der Waals surface area (Å²) >= 11 is 1.82. The van der Waals surface area contributed by atoms with Crippen molar-refractivity contribution in [2.24, 2.45) is 0 Å². The first-order valence-electron chi connectivity index (χ1n) is 13.4. The molecule has 0 fully saturated rings. The Bertz CT molecular complexity index is 1670. The molecule has 5 heteroatoms. The number of thiophene rings is 1. The van der Waals surface area contributed by atoms with Crippen LogP contribution >= 0.6 is 11.3 Å². The van der Waals surface area contributed by atoms with Gasteiger partial charge in [-0.3, -0.25) is 4.79 Å². The predicted molar refractivity (Wildman–Crippen MR) is 170 cm³/mol. The van der Waals surface area contributed by atoms with E-state index in [9.17, 15) is 4.79 Å². The second-order valence-corrected chi connectivity index (χ2v) is 12.3. The molecule has 0 aliphatic rings. The van der Waals surface area contributed by atoms with Crippen LogP contribution in [0.25, 0.3) is 42.9 Å². The van der Waals surface area contributed by atoms with Crippen LogP contribution < -0.4 is 0 Å². The van der Waals surface area contributed by atoms with Crippen molar-refractivity contribution in [2.45, 2.75) is 53.9 Å². The van der Waals surface area contributed by atoms with Crippen LogP contribution in [0.3, 0.4) is 0 Å². The third-order valence-corrected chi connectivity index (χ3v) is 7.75. The largest absolute Gasteiger partial charge is 0.512 e. The van der Waals surface area contributed by atoms with E-state index in [0.29, 0.717) is 0 Å². The van der Waals surface area contributed by atoms with E-state index >= 15 is 0 Å². The Balaban J connectivity index is 0.000000516. The molecule has 213 valence electrons. The Kier molecular flexibility index (Phi) is 10.6. The zero-order valence-corrected chi connectivity index (χ0v) is 27.8. The smallest absolute Gasteiger partial charge is 0.155 e. The van der Waals surface area contributed by atoms with Crippen LogP contribution in [0.15, 0.2) is 90.8 Å². The molecule has 0 saturated carbocycles. The summed E-state index contributed by atoms with van der Waals surface area (Å²) in [6, 6.07) is 29.3. The van der Waals surface area contributed by atoms with E-state index in [1.165, 1.54) is 68.3 Å². The SMILES string of the molecule is CC(=O)/C=C(/C)O.Cc1cc(C(C)(C)C)cc(C)c1-c1cc2cc(-c3[c-]ccc(-c4ccccc4)c3)ncc2s1.[Ir]. The van der Waals surface area contributed by atoms with Crippen molar-refractivity contribution in [1.29, 1.82) is 0 Å². The van der Waals surface area contributed by atoms with Gasteiger partial charge in [-0.25, -0.2) is 0 Å². The zero-order chi connectivity index (χ0) is 29.0. The van der Waals surface area contributed by atoms with Gasteiger partial charge in [-0.05, 0) is 78.1 Å². The van der Waals surface area contributed by atoms with Gasteiger partial charge in [-0.15, -0.1) is 46.7 Å². The molecule has 0 atom stereocenters. The molecule has 1 N–H and O–H groups in total. The number of aliphatic hydroxyl groups excluding tert-OH is 1. The summed E-state index contributed by atoms with van der Waals surface area (Å²) in [7, 11) is 0. The number of hydrogen-bond donors (Lipinski definition) is 1. The van der Waals surface area contributed by atoms with Gasteiger partial charge < -0.3 is 10.1 Å². The Morgan fingerprint density at radius 2 is 1.59 bits per heavy atom. The van der Waals surface area contributed by atoms with E-state index in [2.05, 4.69) is 101 Å². The topological polar surface area (TPSA) is 50.2 Å². The van der Waals surface area contributed by atoms with Gasteiger partial charge in [0.1, 0.15) is 0 Å². The van der Waals surface area contributed by atoms with Crippen LogP contribution in [0.5, 0.6) is 0 Å². The Morgan fingerprint density at radius 3 is 2.15 bits per heavy atom. The minimum Gasteiger partial charge on any atom is -0.512 e. The van der Waals surface area contributed by atoms with E-state index in [4.69, 9.17) is 10.1 Å². The number of allylic oxidation sites excluding steroid dienone is 2. The van der Waals surface area contributed by atoms with Crippen LogP contribution in [0, 0.1) is 19.9 Å². The second-order valence-electron chi connectivity index (χ2n) is 11.2. The monoisotopic (exact) mass is 739 g/mol. The van der Waals surface area contributed by atoms with E-state index in [-0.39, 0.29) is 37.1 Å². The van der Waals surface area contributed by atoms with Crippen molar-refractivity contribution in [3.05, 3.63) is 114 Å². The standard InChI is InChI=1S/C31H28NS.C5H8O2.Ir/c1-20-14-26(31(3,4)5)15-21(2)30(20)28-18-25-17-27(32-19-29(25)33-28)24-13-9-12-23(16-24)22-10-7-6-8-11-22;1-4(6)3-5(2)7;/h6-12,14-19H,1-5H3;3,6H,1-2H3;/q-1;;/b;4-3-;. The maximum absolute atomic E-state index is 10.0. The summed E-state index contributed by atoms with van der Waals surface area (Å²) < 4.78 is 1.21. The molecule has 2 heterocycles. The van der Waals surface area contributed by atoms with Crippen LogP contribution in [0.2, 0.25) is 0 Å². The summed E-state index contributed by atoms with van der Waals surface area (Å²) in [5, 5.41) is 9.60. The molecule has 3 aromatic carbocycles. The fourth-order valence-electron chi connectivity index (χ4n) is 4.72. The summed E-state index contributed by atoms with van der Waals surface area (Å²) in [5.41, 5.74) is 9.93. The number of carbonyl (C=O) groups excluding carboxylic acids is 1. The number of pyridine rings is 1. The first kappa shape index (κ1) is 32.1. The van der Waals surface area contributed by atoms with Crippen molar-refractivity contribution in [2.75, 3.05) is 0 Å². The molecular weight excluding hydrogens is 703 g/mol. The molecule has 0 aliphatic heterocycles. The molecule has 0 aliphatic carbocycles. The third kappa shape index (κ3) is 8.10. The Morgan fingerprint density at radius 1 is 0.927 bits per heavy atom. The molecule has 1 radical (unpaired) electrons. The maximum Gasteiger partial charge on any atom is 0.155 e. The fourth-order valence-corrected chi connectivity index (χ4v) is 5.91. The van der Waals surface area contributed by atoms with Crippen molar-refractivity contribution >= 4 is 27.2 Å². The van der Waals surface area contributed by atoms with Gasteiger partial charge in [0.25, 0.3) is 0 Å². The molecule has 0 unspecified atom stereocenters. The molecule has 0 amide bonds. The number of rotatable bonds is 4. The zero-order valence-electron chi connectivity index (χ0n) is 24.6. The van der Waals surface area contributed by atoms with Gasteiger partial charge in [0.05, 0.1) is 10.5 Å². The molecule has 0 bridgehead atoms. The minimum atomic E-state index is -0.125. The first-order valence-corrected chi connectivity index (χ1v) is 14.2. The molecule has 41 heavy (non-hydrogen) atoms. The van der Waals surface area contributed by atoms with Crippen LogP contribution in [0.1, 0.15) is 51.3 Å². The van der Waals surface area contributed by atoms with Gasteiger partial charge in [0.15, 0.2) is 5.78 Å². The van der Waals surface area contributed by atoms with Crippen LogP contribution in [-0.2, 0) is 30.3 Å². The molecular formula is C36H36IrNO2S-. The third-order valence-electron chi connectivity index (χ3n) is 6.65. The molecule has 0 saturated heterocycles. The number of benzene rings is 3. The van der Waals surface area contributed by atoms with Crippen molar-refractivity contribution < 1.29 is 30.0 Å². The summed E-state index contributed by atoms with van der Waals surface area (Å²) in [6.07, 6.45) is 3.18. The molecule has 3 nitrogen and oxygen atoms in total. The molecule has 5 aromatic rings. The fraction of sp³-hybridized carbons (Fsp3) is 0.222. The van der Waals surface area contributed by atoms with Gasteiger partial charge >= 0.3 is 0 Å². The van der Waals surface area contributed by atoms with Crippen LogP contribution in [-0.4, -0.2) is 15.9 Å². The van der Waals surface area contributed by atoms with Crippen molar-refractivity contribution in [3.63, 3.8) is 0 Å². The Hall–Kier alpha value is -3.37. The first-order chi connectivity index (χ1) is 18.9. The van der Waals surface area contributed by atoms with Gasteiger partial charge in [-0.2, -0.15) is 0 Å². The molecule has 2 aromatic heterocycles. The van der Waals surface area contributed by atoms with Gasteiger partial charge in [0, 0.05) is 37.3 Å². The average Bonchev–Trinajstić information content (AvgIpc) is 3.30. The number of fused-ring (bicyclic) bond motifs is 1. The van der Waals surface area contributed by atoms with E-state index in [1.54, 1.807) is 0 Å². The van der Waals surface area contributed by atoms with Crippen molar-refractivity contribution in [3.8, 4) is 32.8 Å². The van der Waals surface area contributed by atoms with Crippen molar-refractivity contribution in [1.82, 2.24) is 4.98 Å². The number of aromatic nitrogens is 1. The molecule has 5 rings (SSSR count). The molecule has 0 spiro atoms. The number of aryl methyl sites for hydroxylation is 2. The predicted octanol–water partition coefficient (Wildman–Crippen LogP) is 10.0. The van der Waals surface area contributed by atoms with E-state index in [0.717, 1.165) is 11.3 Å².